The van der Waals surface area contributed by atoms with Gasteiger partial charge in [0.25, 0.3) is 0 Å². The van der Waals surface area contributed by atoms with E-state index in [0.717, 1.165) is 37.1 Å². The molecule has 2 aromatic heterocycles. The van der Waals surface area contributed by atoms with Crippen LogP contribution in [0.15, 0.2) is 17.6 Å². The lowest BCUT2D eigenvalue weighted by atomic mass is 10.3. The molecule has 0 N–H and O–H groups in total. The van der Waals surface area contributed by atoms with Crippen LogP contribution in [-0.2, 0) is 11.3 Å². The first-order valence-electron chi connectivity index (χ1n) is 6.68. The van der Waals surface area contributed by atoms with Crippen LogP contribution in [-0.4, -0.2) is 48.2 Å². The molecule has 21 heavy (non-hydrogen) atoms. The van der Waals surface area contributed by atoms with Crippen LogP contribution in [0.25, 0.3) is 0 Å². The Kier molecular flexibility index (Phi) is 4.52. The molecular weight excluding hydrogens is 310 g/mol. The number of rotatable bonds is 4. The zero-order valence-electron chi connectivity index (χ0n) is 11.7. The molecule has 0 bridgehead atoms. The summed E-state index contributed by atoms with van der Waals surface area (Å²) in [5.74, 6) is 1.48. The standard InChI is InChI=1S/C13H16ClN5OS/c1-20-9-11-16-10(14)8-12(17-11)18-3-5-19(6-4-18)13-15-2-7-21-13/h2,7-8H,3-6,9H2,1H3. The van der Waals surface area contributed by atoms with Gasteiger partial charge in [0.2, 0.25) is 0 Å². The Hall–Kier alpha value is -1.44. The summed E-state index contributed by atoms with van der Waals surface area (Å²) in [6.07, 6.45) is 1.84. The van der Waals surface area contributed by atoms with Gasteiger partial charge in [-0.05, 0) is 0 Å². The number of hydrogen-bond donors (Lipinski definition) is 0. The molecule has 3 heterocycles. The van der Waals surface area contributed by atoms with Gasteiger partial charge >= 0.3 is 0 Å². The van der Waals surface area contributed by atoms with Crippen molar-refractivity contribution in [2.45, 2.75) is 6.61 Å². The average Bonchev–Trinajstić information content (AvgIpc) is 3.01. The van der Waals surface area contributed by atoms with Gasteiger partial charge in [-0.3, -0.25) is 0 Å². The second kappa shape index (κ2) is 6.55. The molecule has 0 aromatic carbocycles. The van der Waals surface area contributed by atoms with Crippen molar-refractivity contribution in [1.29, 1.82) is 0 Å². The normalized spacial score (nSPS) is 15.5. The van der Waals surface area contributed by atoms with Gasteiger partial charge in [0.1, 0.15) is 17.6 Å². The largest absolute Gasteiger partial charge is 0.377 e. The third kappa shape index (κ3) is 3.42. The highest BCUT2D eigenvalue weighted by Crippen LogP contribution is 2.22. The number of anilines is 2. The van der Waals surface area contributed by atoms with E-state index in [0.29, 0.717) is 17.6 Å². The van der Waals surface area contributed by atoms with Gasteiger partial charge in [0.05, 0.1) is 0 Å². The molecule has 0 atom stereocenters. The van der Waals surface area contributed by atoms with E-state index < -0.39 is 0 Å². The Morgan fingerprint density at radius 2 is 2.00 bits per heavy atom. The molecule has 8 heteroatoms. The van der Waals surface area contributed by atoms with Crippen molar-refractivity contribution in [3.05, 3.63) is 28.6 Å². The van der Waals surface area contributed by atoms with Gasteiger partial charge in [-0.1, -0.05) is 11.6 Å². The Labute approximate surface area is 132 Å². The van der Waals surface area contributed by atoms with Crippen LogP contribution >= 0.6 is 22.9 Å². The predicted octanol–water partition coefficient (Wildman–Crippen LogP) is 2.06. The van der Waals surface area contributed by atoms with E-state index in [1.165, 1.54) is 0 Å². The molecule has 112 valence electrons. The number of hydrogen-bond acceptors (Lipinski definition) is 7. The lowest BCUT2D eigenvalue weighted by molar-refractivity contribution is 0.178. The van der Waals surface area contributed by atoms with Crippen LogP contribution in [0, 0.1) is 0 Å². The average molecular weight is 326 g/mol. The number of halogens is 1. The molecule has 3 rings (SSSR count). The quantitative estimate of drug-likeness (QED) is 0.802. The SMILES string of the molecule is COCc1nc(Cl)cc(N2CCN(c3nccs3)CC2)n1. The van der Waals surface area contributed by atoms with Crippen LogP contribution in [0.1, 0.15) is 5.82 Å². The number of ether oxygens (including phenoxy) is 1. The highest BCUT2D eigenvalue weighted by atomic mass is 35.5. The van der Waals surface area contributed by atoms with E-state index in [9.17, 15) is 0 Å². The van der Waals surface area contributed by atoms with E-state index >= 15 is 0 Å². The van der Waals surface area contributed by atoms with Crippen molar-refractivity contribution in [2.24, 2.45) is 0 Å². The minimum atomic E-state index is 0.368. The van der Waals surface area contributed by atoms with Crippen LogP contribution in [0.2, 0.25) is 5.15 Å². The van der Waals surface area contributed by atoms with Gasteiger partial charge in [0, 0.05) is 50.9 Å². The summed E-state index contributed by atoms with van der Waals surface area (Å²) in [7, 11) is 1.62. The molecule has 1 aliphatic rings. The van der Waals surface area contributed by atoms with E-state index in [2.05, 4.69) is 24.8 Å². The second-order valence-corrected chi connectivity index (χ2v) is 5.95. The zero-order chi connectivity index (χ0) is 14.7. The van der Waals surface area contributed by atoms with Crippen molar-refractivity contribution in [1.82, 2.24) is 15.0 Å². The lowest BCUT2D eigenvalue weighted by Crippen LogP contribution is -2.46. The Balaban J connectivity index is 1.69. The van der Waals surface area contributed by atoms with Crippen molar-refractivity contribution in [2.75, 3.05) is 43.1 Å². The smallest absolute Gasteiger partial charge is 0.185 e. The third-order valence-corrected chi connectivity index (χ3v) is 4.32. The number of aromatic nitrogens is 3. The van der Waals surface area contributed by atoms with Gasteiger partial charge in [-0.25, -0.2) is 15.0 Å². The first-order chi connectivity index (χ1) is 10.3. The summed E-state index contributed by atoms with van der Waals surface area (Å²) in [4.78, 5) is 17.5. The summed E-state index contributed by atoms with van der Waals surface area (Å²) in [5, 5.41) is 3.54. The topological polar surface area (TPSA) is 54.4 Å². The van der Waals surface area contributed by atoms with Crippen molar-refractivity contribution >= 4 is 33.9 Å². The van der Waals surface area contributed by atoms with Crippen LogP contribution < -0.4 is 9.80 Å². The number of piperazine rings is 1. The first kappa shape index (κ1) is 14.5. The van der Waals surface area contributed by atoms with E-state index in [1.54, 1.807) is 24.5 Å². The summed E-state index contributed by atoms with van der Waals surface area (Å²) in [5.41, 5.74) is 0. The fraction of sp³-hybridized carbons (Fsp3) is 0.462. The molecule has 1 saturated heterocycles. The molecule has 0 aliphatic carbocycles. The van der Waals surface area contributed by atoms with Crippen molar-refractivity contribution < 1.29 is 4.74 Å². The summed E-state index contributed by atoms with van der Waals surface area (Å²) in [6, 6.07) is 1.81. The van der Waals surface area contributed by atoms with E-state index in [-0.39, 0.29) is 0 Å². The molecule has 2 aromatic rings. The van der Waals surface area contributed by atoms with Gasteiger partial charge in [-0.2, -0.15) is 0 Å². The molecule has 0 radical (unpaired) electrons. The van der Waals surface area contributed by atoms with Gasteiger partial charge in [0.15, 0.2) is 11.0 Å². The molecule has 1 fully saturated rings. The van der Waals surface area contributed by atoms with E-state index in [1.807, 2.05) is 11.6 Å². The van der Waals surface area contributed by atoms with E-state index in [4.69, 9.17) is 16.3 Å². The maximum absolute atomic E-state index is 6.06. The van der Waals surface area contributed by atoms with Crippen molar-refractivity contribution in [3.63, 3.8) is 0 Å². The molecule has 6 nitrogen and oxygen atoms in total. The lowest BCUT2D eigenvalue weighted by Gasteiger charge is -2.35. The second-order valence-electron chi connectivity index (χ2n) is 4.69. The minimum Gasteiger partial charge on any atom is -0.377 e. The molecule has 1 aliphatic heterocycles. The fourth-order valence-corrected chi connectivity index (χ4v) is 3.20. The maximum Gasteiger partial charge on any atom is 0.185 e. The van der Waals surface area contributed by atoms with Crippen LogP contribution in [0.4, 0.5) is 10.9 Å². The minimum absolute atomic E-state index is 0.368. The maximum atomic E-state index is 6.06. The Morgan fingerprint density at radius 3 is 2.67 bits per heavy atom. The van der Waals surface area contributed by atoms with Crippen LogP contribution in [0.5, 0.6) is 0 Å². The zero-order valence-corrected chi connectivity index (χ0v) is 13.3. The number of nitrogens with zero attached hydrogens (tertiary/aromatic N) is 5. The highest BCUT2D eigenvalue weighted by molar-refractivity contribution is 7.13. The first-order valence-corrected chi connectivity index (χ1v) is 7.94. The highest BCUT2D eigenvalue weighted by Gasteiger charge is 2.20. The van der Waals surface area contributed by atoms with Gasteiger partial charge < -0.3 is 14.5 Å². The third-order valence-electron chi connectivity index (χ3n) is 3.29. The predicted molar refractivity (Wildman–Crippen MR) is 84.3 cm³/mol. The molecule has 0 amide bonds. The Morgan fingerprint density at radius 1 is 1.24 bits per heavy atom. The Bertz CT molecular complexity index is 586. The molecule has 0 spiro atoms. The number of methoxy groups -OCH3 is 1. The number of thiazole rings is 1. The summed E-state index contributed by atoms with van der Waals surface area (Å²) in [6.45, 7) is 3.99. The van der Waals surface area contributed by atoms with Crippen LogP contribution in [0.3, 0.4) is 0 Å². The molecular formula is C13H16ClN5OS. The summed E-state index contributed by atoms with van der Waals surface area (Å²) < 4.78 is 5.07. The van der Waals surface area contributed by atoms with Crippen molar-refractivity contribution in [3.8, 4) is 0 Å². The monoisotopic (exact) mass is 325 g/mol. The summed E-state index contributed by atoms with van der Waals surface area (Å²) >= 11 is 7.73. The molecule has 0 saturated carbocycles. The fourth-order valence-electron chi connectivity index (χ4n) is 2.31. The molecule has 0 unspecified atom stereocenters. The van der Waals surface area contributed by atoms with Gasteiger partial charge in [-0.15, -0.1) is 11.3 Å².